The van der Waals surface area contributed by atoms with Gasteiger partial charge in [-0.05, 0) is 29.8 Å². The van der Waals surface area contributed by atoms with Gasteiger partial charge in [0.05, 0.1) is 21.3 Å². The van der Waals surface area contributed by atoms with E-state index >= 15 is 0 Å². The van der Waals surface area contributed by atoms with Crippen molar-refractivity contribution in [1.82, 2.24) is 0 Å². The van der Waals surface area contributed by atoms with Crippen LogP contribution in [0.2, 0.25) is 0 Å². The minimum absolute atomic E-state index is 0.157. The number of methoxy groups -OCH3 is 3. The first kappa shape index (κ1) is 15.7. The number of esters is 1. The first-order valence-electron chi connectivity index (χ1n) is 6.70. The second-order valence-corrected chi connectivity index (χ2v) is 4.46. The summed E-state index contributed by atoms with van der Waals surface area (Å²) in [5.41, 5.74) is 1.14. The molecule has 2 rings (SSSR count). The lowest BCUT2D eigenvalue weighted by Crippen LogP contribution is -2.09. The maximum absolute atomic E-state index is 12.3. The first-order chi connectivity index (χ1) is 10.7. The lowest BCUT2D eigenvalue weighted by Gasteiger charge is -2.12. The highest BCUT2D eigenvalue weighted by Gasteiger charge is 2.19. The van der Waals surface area contributed by atoms with Crippen LogP contribution in [0, 0.1) is 0 Å². The Bertz CT molecular complexity index is 612. The molecule has 2 aromatic carbocycles. The highest BCUT2D eigenvalue weighted by Crippen LogP contribution is 2.29. The number of hydrogen-bond donors (Lipinski definition) is 0. The standard InChI is InChI=1S/C17H18O5/c1-19-13-9-7-12(8-10-13)11-22-17(18)16-14(20-2)5-4-6-15(16)21-3/h4-10H,11H2,1-3H3. The van der Waals surface area contributed by atoms with E-state index in [0.29, 0.717) is 11.5 Å². The number of ether oxygens (including phenoxy) is 4. The van der Waals surface area contributed by atoms with Crippen molar-refractivity contribution in [2.45, 2.75) is 6.61 Å². The fraction of sp³-hybridized carbons (Fsp3) is 0.235. The molecular formula is C17H18O5. The Morgan fingerprint density at radius 1 is 0.864 bits per heavy atom. The quantitative estimate of drug-likeness (QED) is 0.768. The van der Waals surface area contributed by atoms with E-state index in [1.54, 1.807) is 25.3 Å². The van der Waals surface area contributed by atoms with Gasteiger partial charge in [0.2, 0.25) is 0 Å². The van der Waals surface area contributed by atoms with Crippen LogP contribution in [0.1, 0.15) is 15.9 Å². The van der Waals surface area contributed by atoms with Gasteiger partial charge < -0.3 is 18.9 Å². The Labute approximate surface area is 129 Å². The van der Waals surface area contributed by atoms with E-state index in [4.69, 9.17) is 18.9 Å². The zero-order chi connectivity index (χ0) is 15.9. The van der Waals surface area contributed by atoms with Gasteiger partial charge in [0, 0.05) is 0 Å². The SMILES string of the molecule is COc1ccc(COC(=O)c2c(OC)cccc2OC)cc1. The largest absolute Gasteiger partial charge is 0.497 e. The van der Waals surface area contributed by atoms with Crippen LogP contribution in [-0.2, 0) is 11.3 Å². The molecule has 0 aliphatic heterocycles. The van der Waals surface area contributed by atoms with Crippen molar-refractivity contribution in [1.29, 1.82) is 0 Å². The molecule has 0 saturated carbocycles. The van der Waals surface area contributed by atoms with E-state index in [1.165, 1.54) is 14.2 Å². The van der Waals surface area contributed by atoms with Crippen LogP contribution in [0.4, 0.5) is 0 Å². The first-order valence-corrected chi connectivity index (χ1v) is 6.70. The molecule has 0 aliphatic carbocycles. The number of benzene rings is 2. The zero-order valence-corrected chi connectivity index (χ0v) is 12.8. The molecule has 0 aromatic heterocycles. The highest BCUT2D eigenvalue weighted by molar-refractivity contribution is 5.95. The molecule has 0 bridgehead atoms. The van der Waals surface area contributed by atoms with Gasteiger partial charge >= 0.3 is 5.97 Å². The minimum atomic E-state index is -0.495. The maximum Gasteiger partial charge on any atom is 0.346 e. The molecular weight excluding hydrogens is 284 g/mol. The van der Waals surface area contributed by atoms with Gasteiger partial charge in [-0.2, -0.15) is 0 Å². The molecule has 0 amide bonds. The number of hydrogen-bond acceptors (Lipinski definition) is 5. The van der Waals surface area contributed by atoms with Crippen LogP contribution in [0.5, 0.6) is 17.2 Å². The molecule has 0 heterocycles. The van der Waals surface area contributed by atoms with Crippen LogP contribution in [0.25, 0.3) is 0 Å². The van der Waals surface area contributed by atoms with E-state index in [9.17, 15) is 4.79 Å². The molecule has 5 heteroatoms. The second-order valence-electron chi connectivity index (χ2n) is 4.46. The van der Waals surface area contributed by atoms with Crippen molar-refractivity contribution in [3.8, 4) is 17.2 Å². The van der Waals surface area contributed by atoms with Gasteiger partial charge in [-0.3, -0.25) is 0 Å². The van der Waals surface area contributed by atoms with E-state index in [1.807, 2.05) is 24.3 Å². The Morgan fingerprint density at radius 2 is 1.45 bits per heavy atom. The summed E-state index contributed by atoms with van der Waals surface area (Å²) in [6, 6.07) is 12.4. The molecule has 22 heavy (non-hydrogen) atoms. The Morgan fingerprint density at radius 3 is 1.95 bits per heavy atom. The zero-order valence-electron chi connectivity index (χ0n) is 12.8. The highest BCUT2D eigenvalue weighted by atomic mass is 16.5. The summed E-state index contributed by atoms with van der Waals surface area (Å²) in [5.74, 6) is 1.09. The summed E-state index contributed by atoms with van der Waals surface area (Å²) in [6.45, 7) is 0.157. The van der Waals surface area contributed by atoms with Crippen molar-refractivity contribution >= 4 is 5.97 Å². The molecule has 0 saturated heterocycles. The lowest BCUT2D eigenvalue weighted by molar-refractivity contribution is 0.0465. The molecule has 116 valence electrons. The lowest BCUT2D eigenvalue weighted by atomic mass is 10.1. The van der Waals surface area contributed by atoms with E-state index in [-0.39, 0.29) is 12.2 Å². The maximum atomic E-state index is 12.3. The monoisotopic (exact) mass is 302 g/mol. The van der Waals surface area contributed by atoms with Crippen molar-refractivity contribution in [3.05, 3.63) is 53.6 Å². The van der Waals surface area contributed by atoms with Gasteiger partial charge in [-0.25, -0.2) is 4.79 Å². The summed E-state index contributed by atoms with van der Waals surface area (Å²) in [5, 5.41) is 0. The fourth-order valence-electron chi connectivity index (χ4n) is 2.00. The normalized spacial score (nSPS) is 9.95. The van der Waals surface area contributed by atoms with Crippen molar-refractivity contribution < 1.29 is 23.7 Å². The topological polar surface area (TPSA) is 54.0 Å². The second kappa shape index (κ2) is 7.36. The third kappa shape index (κ3) is 3.49. The molecule has 0 fully saturated rings. The summed E-state index contributed by atoms with van der Waals surface area (Å²) >= 11 is 0. The van der Waals surface area contributed by atoms with Crippen LogP contribution >= 0.6 is 0 Å². The molecule has 0 N–H and O–H groups in total. The predicted octanol–water partition coefficient (Wildman–Crippen LogP) is 3.07. The predicted molar refractivity (Wildman–Crippen MR) is 81.7 cm³/mol. The minimum Gasteiger partial charge on any atom is -0.497 e. The van der Waals surface area contributed by atoms with Crippen molar-refractivity contribution in [2.75, 3.05) is 21.3 Å². The number of carbonyl (C=O) groups excluding carboxylic acids is 1. The van der Waals surface area contributed by atoms with Crippen LogP contribution in [-0.4, -0.2) is 27.3 Å². The average Bonchev–Trinajstić information content (AvgIpc) is 2.59. The number of carbonyl (C=O) groups is 1. The fourth-order valence-corrected chi connectivity index (χ4v) is 2.00. The Balaban J connectivity index is 2.11. The Hall–Kier alpha value is -2.69. The molecule has 0 aliphatic rings. The van der Waals surface area contributed by atoms with Crippen LogP contribution in [0.15, 0.2) is 42.5 Å². The molecule has 5 nitrogen and oxygen atoms in total. The van der Waals surface area contributed by atoms with E-state index in [2.05, 4.69) is 0 Å². The van der Waals surface area contributed by atoms with Gasteiger partial charge in [-0.15, -0.1) is 0 Å². The smallest absolute Gasteiger partial charge is 0.346 e. The summed E-state index contributed by atoms with van der Waals surface area (Å²) < 4.78 is 20.8. The Kier molecular flexibility index (Phi) is 5.25. The van der Waals surface area contributed by atoms with Crippen LogP contribution in [0.3, 0.4) is 0 Å². The van der Waals surface area contributed by atoms with E-state index < -0.39 is 5.97 Å². The third-order valence-corrected chi connectivity index (χ3v) is 3.16. The molecule has 0 atom stereocenters. The molecule has 0 spiro atoms. The molecule has 0 radical (unpaired) electrons. The molecule has 0 unspecified atom stereocenters. The number of rotatable bonds is 6. The summed E-state index contributed by atoms with van der Waals surface area (Å²) in [7, 11) is 4.59. The van der Waals surface area contributed by atoms with Gasteiger partial charge in [0.15, 0.2) is 0 Å². The van der Waals surface area contributed by atoms with Crippen LogP contribution < -0.4 is 14.2 Å². The van der Waals surface area contributed by atoms with Gasteiger partial charge in [0.25, 0.3) is 0 Å². The van der Waals surface area contributed by atoms with Gasteiger partial charge in [0.1, 0.15) is 29.4 Å². The third-order valence-electron chi connectivity index (χ3n) is 3.16. The average molecular weight is 302 g/mol. The summed E-state index contributed by atoms with van der Waals surface area (Å²) in [6.07, 6.45) is 0. The molecule has 2 aromatic rings. The summed E-state index contributed by atoms with van der Waals surface area (Å²) in [4.78, 5) is 12.3. The van der Waals surface area contributed by atoms with Crippen molar-refractivity contribution in [2.24, 2.45) is 0 Å². The van der Waals surface area contributed by atoms with Crippen molar-refractivity contribution in [3.63, 3.8) is 0 Å². The van der Waals surface area contributed by atoms with Gasteiger partial charge in [-0.1, -0.05) is 18.2 Å². The van der Waals surface area contributed by atoms with E-state index in [0.717, 1.165) is 11.3 Å².